The molecule has 2 aromatic carbocycles. The van der Waals surface area contributed by atoms with Crippen LogP contribution in [0.3, 0.4) is 0 Å². The van der Waals surface area contributed by atoms with E-state index in [1.807, 2.05) is 32.9 Å². The summed E-state index contributed by atoms with van der Waals surface area (Å²) < 4.78 is 24.8. The Bertz CT molecular complexity index is 1010. The third kappa shape index (κ3) is 3.48. The molecule has 3 aromatic rings. The molecule has 0 fully saturated rings. The lowest BCUT2D eigenvalue weighted by Crippen LogP contribution is -2.21. The van der Waals surface area contributed by atoms with Gasteiger partial charge in [-0.15, -0.1) is 0 Å². The number of nitrogens with one attached hydrogen (secondary N) is 1. The van der Waals surface area contributed by atoms with Crippen LogP contribution in [0.4, 0.5) is 4.39 Å². The fraction of sp³-hybridized carbons (Fsp3) is 0.286. The highest BCUT2D eigenvalue weighted by Crippen LogP contribution is 2.28. The van der Waals surface area contributed by atoms with Crippen molar-refractivity contribution >= 4 is 11.0 Å². The molecule has 0 saturated carbocycles. The Morgan fingerprint density at radius 1 is 1.19 bits per heavy atom. The smallest absolute Gasteiger partial charge is 0.336 e. The van der Waals surface area contributed by atoms with Gasteiger partial charge in [0.2, 0.25) is 0 Å². The zero-order valence-electron chi connectivity index (χ0n) is 15.4. The maximum absolute atomic E-state index is 14.2. The summed E-state index contributed by atoms with van der Waals surface area (Å²) >= 11 is 0. The summed E-state index contributed by atoms with van der Waals surface area (Å²) in [5.74, 6) is 0.169. The maximum Gasteiger partial charge on any atom is 0.336 e. The topological polar surface area (TPSA) is 51.5 Å². The Labute approximate surface area is 151 Å². The van der Waals surface area contributed by atoms with Crippen LogP contribution in [-0.4, -0.2) is 7.11 Å². The molecule has 0 amide bonds. The third-order valence-corrected chi connectivity index (χ3v) is 4.71. The van der Waals surface area contributed by atoms with Gasteiger partial charge < -0.3 is 14.5 Å². The molecule has 0 aliphatic rings. The van der Waals surface area contributed by atoms with Crippen molar-refractivity contribution in [2.24, 2.45) is 0 Å². The lowest BCUT2D eigenvalue weighted by molar-refractivity contribution is 0.393. The molecule has 0 aliphatic heterocycles. The van der Waals surface area contributed by atoms with Gasteiger partial charge in [0.15, 0.2) is 0 Å². The molecule has 136 valence electrons. The summed E-state index contributed by atoms with van der Waals surface area (Å²) in [7, 11) is 1.52. The number of hydrogen-bond donors (Lipinski definition) is 1. The van der Waals surface area contributed by atoms with Gasteiger partial charge in [0.1, 0.15) is 17.1 Å². The van der Waals surface area contributed by atoms with Gasteiger partial charge in [0, 0.05) is 29.6 Å². The fourth-order valence-electron chi connectivity index (χ4n) is 3.11. The number of ether oxygens (including phenoxy) is 1. The second-order valence-electron chi connectivity index (χ2n) is 6.48. The molecule has 1 heterocycles. The van der Waals surface area contributed by atoms with Crippen LogP contribution in [0.15, 0.2) is 45.6 Å². The lowest BCUT2D eigenvalue weighted by Gasteiger charge is -2.18. The van der Waals surface area contributed by atoms with Gasteiger partial charge in [-0.25, -0.2) is 9.18 Å². The van der Waals surface area contributed by atoms with E-state index in [0.717, 1.165) is 22.1 Å². The normalized spacial score (nSPS) is 12.3. The molecule has 26 heavy (non-hydrogen) atoms. The lowest BCUT2D eigenvalue weighted by atomic mass is 10.0. The summed E-state index contributed by atoms with van der Waals surface area (Å²) in [6.07, 6.45) is 0. The van der Waals surface area contributed by atoms with Crippen molar-refractivity contribution in [2.75, 3.05) is 7.11 Å². The van der Waals surface area contributed by atoms with Gasteiger partial charge in [0.05, 0.1) is 7.11 Å². The molecule has 4 nitrogen and oxygen atoms in total. The van der Waals surface area contributed by atoms with Crippen LogP contribution in [-0.2, 0) is 6.54 Å². The number of aryl methyl sites for hydroxylation is 2. The molecule has 0 radical (unpaired) electrons. The molecule has 1 atom stereocenters. The zero-order chi connectivity index (χ0) is 18.8. The Hall–Kier alpha value is -2.66. The van der Waals surface area contributed by atoms with E-state index in [2.05, 4.69) is 5.32 Å². The molecule has 3 rings (SSSR count). The Morgan fingerprint density at radius 3 is 2.65 bits per heavy atom. The van der Waals surface area contributed by atoms with Crippen molar-refractivity contribution in [3.63, 3.8) is 0 Å². The van der Waals surface area contributed by atoms with Crippen LogP contribution < -0.4 is 15.7 Å². The molecular formula is C21H22FNO3. The first-order chi connectivity index (χ1) is 12.4. The average molecular weight is 355 g/mol. The number of methoxy groups -OCH3 is 1. The molecule has 0 bridgehead atoms. The summed E-state index contributed by atoms with van der Waals surface area (Å²) in [4.78, 5) is 11.9. The molecule has 1 unspecified atom stereocenters. The van der Waals surface area contributed by atoms with Crippen LogP contribution >= 0.6 is 0 Å². The zero-order valence-corrected chi connectivity index (χ0v) is 15.4. The van der Waals surface area contributed by atoms with Crippen molar-refractivity contribution in [3.05, 3.63) is 74.9 Å². The Balaban J connectivity index is 1.93. The minimum atomic E-state index is -0.395. The Morgan fingerprint density at radius 2 is 1.92 bits per heavy atom. The summed E-state index contributed by atoms with van der Waals surface area (Å²) in [5.41, 5.74) is 3.64. The van der Waals surface area contributed by atoms with Gasteiger partial charge in [-0.05, 0) is 61.7 Å². The summed E-state index contributed by atoms with van der Waals surface area (Å²) in [6, 6.07) is 9.84. The van der Waals surface area contributed by atoms with Gasteiger partial charge in [-0.1, -0.05) is 6.07 Å². The van der Waals surface area contributed by atoms with Crippen molar-refractivity contribution < 1.29 is 13.5 Å². The second-order valence-corrected chi connectivity index (χ2v) is 6.48. The number of fused-ring (bicyclic) bond motifs is 1. The largest absolute Gasteiger partial charge is 0.496 e. The quantitative estimate of drug-likeness (QED) is 0.689. The summed E-state index contributed by atoms with van der Waals surface area (Å²) in [5, 5.41) is 4.17. The van der Waals surface area contributed by atoms with Crippen LogP contribution in [0.2, 0.25) is 0 Å². The predicted molar refractivity (Wildman–Crippen MR) is 100 cm³/mol. The number of rotatable bonds is 5. The monoisotopic (exact) mass is 355 g/mol. The Kier molecular flexibility index (Phi) is 5.09. The van der Waals surface area contributed by atoms with Gasteiger partial charge >= 0.3 is 5.63 Å². The van der Waals surface area contributed by atoms with Gasteiger partial charge in [-0.3, -0.25) is 0 Å². The van der Waals surface area contributed by atoms with Crippen molar-refractivity contribution in [3.8, 4) is 5.75 Å². The van der Waals surface area contributed by atoms with Crippen molar-refractivity contribution in [1.82, 2.24) is 5.32 Å². The number of hydrogen-bond acceptors (Lipinski definition) is 4. The minimum absolute atomic E-state index is 0.292. The molecule has 0 aliphatic carbocycles. The summed E-state index contributed by atoms with van der Waals surface area (Å²) in [6.45, 7) is 6.27. The molecule has 0 saturated heterocycles. The molecular weight excluding hydrogens is 333 g/mol. The van der Waals surface area contributed by atoms with Gasteiger partial charge in [-0.2, -0.15) is 0 Å². The first-order valence-corrected chi connectivity index (χ1v) is 8.50. The second kappa shape index (κ2) is 7.30. The average Bonchev–Trinajstić information content (AvgIpc) is 2.60. The highest BCUT2D eigenvalue weighted by atomic mass is 19.1. The SMILES string of the molecule is COc1cccc(F)c1C(C)NCc1cc(=O)oc2cc(C)c(C)cc12. The van der Waals surface area contributed by atoms with Crippen molar-refractivity contribution in [1.29, 1.82) is 0 Å². The molecule has 1 N–H and O–H groups in total. The number of benzene rings is 2. The van der Waals surface area contributed by atoms with E-state index in [0.29, 0.717) is 23.4 Å². The van der Waals surface area contributed by atoms with E-state index >= 15 is 0 Å². The molecule has 0 spiro atoms. The third-order valence-electron chi connectivity index (χ3n) is 4.71. The van der Waals surface area contributed by atoms with E-state index in [9.17, 15) is 9.18 Å². The fourth-order valence-corrected chi connectivity index (χ4v) is 3.11. The van der Waals surface area contributed by atoms with E-state index in [1.54, 1.807) is 12.1 Å². The molecule has 1 aromatic heterocycles. The van der Waals surface area contributed by atoms with Crippen molar-refractivity contribution in [2.45, 2.75) is 33.4 Å². The van der Waals surface area contributed by atoms with Gasteiger partial charge in [0.25, 0.3) is 0 Å². The first-order valence-electron chi connectivity index (χ1n) is 8.50. The van der Waals surface area contributed by atoms with Crippen LogP contribution in [0.1, 0.15) is 35.2 Å². The standard InChI is InChI=1S/C21H22FNO3/c1-12-8-16-15(10-20(24)26-19(16)9-13(12)2)11-23-14(3)21-17(22)6-5-7-18(21)25-4/h5-10,14,23H,11H2,1-4H3. The number of halogens is 1. The highest BCUT2D eigenvalue weighted by Gasteiger charge is 2.17. The van der Waals surface area contributed by atoms with E-state index < -0.39 is 5.63 Å². The van der Waals surface area contributed by atoms with Crippen LogP contribution in [0.5, 0.6) is 5.75 Å². The highest BCUT2D eigenvalue weighted by molar-refractivity contribution is 5.81. The maximum atomic E-state index is 14.2. The van der Waals surface area contributed by atoms with Crippen LogP contribution in [0.25, 0.3) is 11.0 Å². The van der Waals surface area contributed by atoms with E-state index in [4.69, 9.17) is 9.15 Å². The first kappa shape index (κ1) is 18.1. The predicted octanol–water partition coefficient (Wildman–Crippen LogP) is 4.41. The van der Waals surface area contributed by atoms with Crippen LogP contribution in [0, 0.1) is 19.7 Å². The minimum Gasteiger partial charge on any atom is -0.496 e. The van der Waals surface area contributed by atoms with E-state index in [-0.39, 0.29) is 11.9 Å². The molecule has 5 heteroatoms. The van der Waals surface area contributed by atoms with E-state index in [1.165, 1.54) is 19.2 Å².